The first-order valence-corrected chi connectivity index (χ1v) is 10.7. The summed E-state index contributed by atoms with van der Waals surface area (Å²) in [4.78, 5) is 11.8. The van der Waals surface area contributed by atoms with Crippen molar-refractivity contribution in [2.45, 2.75) is 30.6 Å². The molecule has 0 spiro atoms. The number of hydrogen-bond acceptors (Lipinski definition) is 6. The van der Waals surface area contributed by atoms with Crippen LogP contribution in [0.5, 0.6) is 0 Å². The van der Waals surface area contributed by atoms with E-state index in [4.69, 9.17) is 4.74 Å². The Morgan fingerprint density at radius 3 is 2.38 bits per heavy atom. The van der Waals surface area contributed by atoms with Crippen molar-refractivity contribution in [1.29, 1.82) is 0 Å². The number of nitrogens with zero attached hydrogens (tertiary/aromatic N) is 1. The van der Waals surface area contributed by atoms with Gasteiger partial charge in [-0.3, -0.25) is 4.79 Å². The van der Waals surface area contributed by atoms with Crippen molar-refractivity contribution in [3.8, 4) is 0 Å². The topological polar surface area (TPSA) is 75.7 Å². The first kappa shape index (κ1) is 17.4. The van der Waals surface area contributed by atoms with Crippen LogP contribution >= 0.6 is 23.5 Å². The SMILES string of the molecule is CC1CN(S(=O)(=O)CCNC(=O)C2SCCS2)CC(C)O1. The molecule has 0 radical (unpaired) electrons. The van der Waals surface area contributed by atoms with Gasteiger partial charge >= 0.3 is 0 Å². The van der Waals surface area contributed by atoms with E-state index in [1.165, 1.54) is 4.31 Å². The Morgan fingerprint density at radius 2 is 1.81 bits per heavy atom. The smallest absolute Gasteiger partial charge is 0.243 e. The van der Waals surface area contributed by atoms with E-state index in [9.17, 15) is 13.2 Å². The zero-order chi connectivity index (χ0) is 15.5. The van der Waals surface area contributed by atoms with Crippen LogP contribution in [-0.2, 0) is 19.6 Å². The lowest BCUT2D eigenvalue weighted by atomic mass is 10.3. The molecule has 2 aliphatic heterocycles. The maximum Gasteiger partial charge on any atom is 0.243 e. The van der Waals surface area contributed by atoms with Gasteiger partial charge in [-0.25, -0.2) is 8.42 Å². The third kappa shape index (κ3) is 5.02. The number of thioether (sulfide) groups is 2. The van der Waals surface area contributed by atoms with Crippen LogP contribution in [-0.4, -0.2) is 72.3 Å². The minimum Gasteiger partial charge on any atom is -0.373 e. The number of hydrogen-bond donors (Lipinski definition) is 1. The summed E-state index contributed by atoms with van der Waals surface area (Å²) in [7, 11) is -3.34. The van der Waals surface area contributed by atoms with E-state index in [0.29, 0.717) is 13.1 Å². The van der Waals surface area contributed by atoms with Gasteiger partial charge in [0, 0.05) is 31.1 Å². The zero-order valence-corrected chi connectivity index (χ0v) is 14.7. The summed E-state index contributed by atoms with van der Waals surface area (Å²) in [5, 5.41) is 2.72. The molecule has 0 aromatic heterocycles. The Bertz CT molecular complexity index is 455. The third-order valence-corrected chi connectivity index (χ3v) is 8.07. The Labute approximate surface area is 134 Å². The highest BCUT2D eigenvalue weighted by Gasteiger charge is 2.31. The molecule has 0 saturated carbocycles. The number of carbonyl (C=O) groups is 1. The highest BCUT2D eigenvalue weighted by Crippen LogP contribution is 2.31. The highest BCUT2D eigenvalue weighted by atomic mass is 32.2. The molecule has 6 nitrogen and oxygen atoms in total. The van der Waals surface area contributed by atoms with E-state index < -0.39 is 10.0 Å². The van der Waals surface area contributed by atoms with Gasteiger partial charge in [0.1, 0.15) is 4.58 Å². The molecule has 9 heteroatoms. The molecular formula is C12H22N2O4S3. The van der Waals surface area contributed by atoms with Crippen molar-refractivity contribution in [3.05, 3.63) is 0 Å². The molecule has 0 aliphatic carbocycles. The summed E-state index contributed by atoms with van der Waals surface area (Å²) in [6.07, 6.45) is -0.186. The van der Waals surface area contributed by atoms with Crippen LogP contribution in [0.15, 0.2) is 0 Å². The van der Waals surface area contributed by atoms with E-state index in [2.05, 4.69) is 5.32 Å². The molecular weight excluding hydrogens is 332 g/mol. The second-order valence-electron chi connectivity index (χ2n) is 5.25. The van der Waals surface area contributed by atoms with E-state index in [0.717, 1.165) is 11.5 Å². The molecule has 0 bridgehead atoms. The van der Waals surface area contributed by atoms with Gasteiger partial charge in [-0.2, -0.15) is 4.31 Å². The van der Waals surface area contributed by atoms with Gasteiger partial charge in [-0.1, -0.05) is 0 Å². The maximum atomic E-state index is 12.3. The molecule has 2 atom stereocenters. The monoisotopic (exact) mass is 354 g/mol. The number of nitrogens with one attached hydrogen (secondary N) is 1. The molecule has 2 rings (SSSR count). The molecule has 0 aromatic carbocycles. The lowest BCUT2D eigenvalue weighted by molar-refractivity contribution is -0.119. The third-order valence-electron chi connectivity index (χ3n) is 3.27. The summed E-state index contributed by atoms with van der Waals surface area (Å²) >= 11 is 3.22. The van der Waals surface area contributed by atoms with Crippen LogP contribution in [0, 0.1) is 0 Å². The van der Waals surface area contributed by atoms with Crippen LogP contribution in [0.1, 0.15) is 13.8 Å². The van der Waals surface area contributed by atoms with Crippen molar-refractivity contribution >= 4 is 39.5 Å². The molecule has 21 heavy (non-hydrogen) atoms. The molecule has 2 unspecified atom stereocenters. The first-order chi connectivity index (χ1) is 9.88. The van der Waals surface area contributed by atoms with Crippen LogP contribution in [0.3, 0.4) is 0 Å². The molecule has 2 aliphatic rings. The Kier molecular flexibility index (Phi) is 6.25. The predicted octanol–water partition coefficient (Wildman–Crippen LogP) is 0.348. The lowest BCUT2D eigenvalue weighted by Crippen LogP contribution is -2.49. The summed E-state index contributed by atoms with van der Waals surface area (Å²) in [6, 6.07) is 0. The fourth-order valence-electron chi connectivity index (χ4n) is 2.38. The highest BCUT2D eigenvalue weighted by molar-refractivity contribution is 8.21. The van der Waals surface area contributed by atoms with E-state index in [1.807, 2.05) is 13.8 Å². The van der Waals surface area contributed by atoms with Gasteiger partial charge in [-0.15, -0.1) is 23.5 Å². The average Bonchev–Trinajstić information content (AvgIpc) is 2.91. The van der Waals surface area contributed by atoms with Gasteiger partial charge in [0.2, 0.25) is 15.9 Å². The second-order valence-corrected chi connectivity index (χ2v) is 10.1. The van der Waals surface area contributed by atoms with Crippen molar-refractivity contribution in [3.63, 3.8) is 0 Å². The van der Waals surface area contributed by atoms with Crippen molar-refractivity contribution in [2.24, 2.45) is 0 Å². The normalized spacial score (nSPS) is 28.7. The minimum absolute atomic E-state index is 0.0553. The quantitative estimate of drug-likeness (QED) is 0.768. The second kappa shape index (κ2) is 7.54. The number of morpholine rings is 1. The fraction of sp³-hybridized carbons (Fsp3) is 0.917. The largest absolute Gasteiger partial charge is 0.373 e. The van der Waals surface area contributed by atoms with Crippen LogP contribution < -0.4 is 5.32 Å². The van der Waals surface area contributed by atoms with Crippen LogP contribution in [0.4, 0.5) is 0 Å². The molecule has 2 heterocycles. The zero-order valence-electron chi connectivity index (χ0n) is 12.3. The van der Waals surface area contributed by atoms with Gasteiger partial charge < -0.3 is 10.1 Å². The van der Waals surface area contributed by atoms with Crippen molar-refractivity contribution < 1.29 is 17.9 Å². The van der Waals surface area contributed by atoms with Crippen molar-refractivity contribution in [2.75, 3.05) is 36.9 Å². The number of ether oxygens (including phenoxy) is 1. The minimum atomic E-state index is -3.34. The number of sulfonamides is 1. The predicted molar refractivity (Wildman–Crippen MR) is 87.1 cm³/mol. The summed E-state index contributed by atoms with van der Waals surface area (Å²) < 4.78 is 31.5. The average molecular weight is 355 g/mol. The summed E-state index contributed by atoms with van der Waals surface area (Å²) in [5.41, 5.74) is 0. The summed E-state index contributed by atoms with van der Waals surface area (Å²) in [5.74, 6) is 1.83. The van der Waals surface area contributed by atoms with Gasteiger partial charge in [-0.05, 0) is 13.8 Å². The van der Waals surface area contributed by atoms with E-state index in [-0.39, 0.29) is 35.0 Å². The number of carbonyl (C=O) groups excluding carboxylic acids is 1. The molecule has 1 N–H and O–H groups in total. The Morgan fingerprint density at radius 1 is 1.24 bits per heavy atom. The maximum absolute atomic E-state index is 12.3. The van der Waals surface area contributed by atoms with E-state index in [1.54, 1.807) is 23.5 Å². The number of rotatable bonds is 5. The van der Waals surface area contributed by atoms with Crippen LogP contribution in [0.2, 0.25) is 0 Å². The molecule has 122 valence electrons. The number of amides is 1. The van der Waals surface area contributed by atoms with Gasteiger partial charge in [0.25, 0.3) is 0 Å². The Hall–Kier alpha value is 0.0400. The summed E-state index contributed by atoms with van der Waals surface area (Å²) in [6.45, 7) is 4.67. The van der Waals surface area contributed by atoms with Crippen molar-refractivity contribution in [1.82, 2.24) is 9.62 Å². The standard InChI is InChI=1S/C12H22N2O4S3/c1-9-7-14(8-10(2)18-9)21(16,17)6-3-13-11(15)12-19-4-5-20-12/h9-10,12H,3-8H2,1-2H3,(H,13,15). The van der Waals surface area contributed by atoms with Crippen LogP contribution in [0.25, 0.3) is 0 Å². The molecule has 1 amide bonds. The van der Waals surface area contributed by atoms with Gasteiger partial charge in [0.05, 0.1) is 18.0 Å². The van der Waals surface area contributed by atoms with Gasteiger partial charge in [0.15, 0.2) is 0 Å². The molecule has 2 saturated heterocycles. The molecule has 2 fully saturated rings. The molecule has 0 aromatic rings. The first-order valence-electron chi connectivity index (χ1n) is 7.02. The van der Waals surface area contributed by atoms with E-state index >= 15 is 0 Å². The lowest BCUT2D eigenvalue weighted by Gasteiger charge is -2.34. The Balaban J connectivity index is 1.79. The fourth-order valence-corrected chi connectivity index (χ4v) is 6.51.